The monoisotopic (exact) mass is 187 g/mol. The topological polar surface area (TPSA) is 46.2 Å². The number of rotatable bonds is 4. The van der Waals surface area contributed by atoms with Gasteiger partial charge in [-0.3, -0.25) is 0 Å². The number of aliphatic hydroxyl groups is 1. The molecule has 0 aliphatic rings. The van der Waals surface area contributed by atoms with Crippen LogP contribution >= 0.6 is 0 Å². The van der Waals surface area contributed by atoms with Crippen LogP contribution in [0.5, 0.6) is 0 Å². The maximum absolute atomic E-state index is 10.5. The Kier molecular flexibility index (Phi) is 4.40. The molecule has 2 heteroatoms. The van der Waals surface area contributed by atoms with Gasteiger partial charge < -0.3 is 10.8 Å². The summed E-state index contributed by atoms with van der Waals surface area (Å²) in [6.45, 7) is 12.2. The van der Waals surface area contributed by atoms with E-state index in [0.29, 0.717) is 5.92 Å². The van der Waals surface area contributed by atoms with Crippen LogP contribution in [0.25, 0.3) is 0 Å². The summed E-state index contributed by atoms with van der Waals surface area (Å²) in [7, 11) is 0. The molecule has 0 aromatic carbocycles. The van der Waals surface area contributed by atoms with Gasteiger partial charge in [-0.25, -0.2) is 0 Å². The van der Waals surface area contributed by atoms with Crippen LogP contribution in [0.2, 0.25) is 0 Å². The lowest BCUT2D eigenvalue weighted by Gasteiger charge is -2.43. The molecule has 2 nitrogen and oxygen atoms in total. The average Bonchev–Trinajstić information content (AvgIpc) is 2.00. The van der Waals surface area contributed by atoms with Crippen molar-refractivity contribution in [1.82, 2.24) is 0 Å². The Morgan fingerprint density at radius 1 is 0.923 bits per heavy atom. The molecule has 0 bridgehead atoms. The fraction of sp³-hybridized carbons (Fsp3) is 1.00. The van der Waals surface area contributed by atoms with Crippen LogP contribution in [0, 0.1) is 17.8 Å². The third-order valence-electron chi connectivity index (χ3n) is 3.10. The van der Waals surface area contributed by atoms with Crippen molar-refractivity contribution in [3.63, 3.8) is 0 Å². The zero-order valence-corrected chi connectivity index (χ0v) is 9.83. The van der Waals surface area contributed by atoms with Crippen molar-refractivity contribution in [3.8, 4) is 0 Å². The first-order valence-corrected chi connectivity index (χ1v) is 5.22. The molecule has 0 heterocycles. The first-order valence-electron chi connectivity index (χ1n) is 5.22. The first-order chi connectivity index (χ1) is 5.74. The molecule has 0 radical (unpaired) electrons. The normalized spacial score (nSPS) is 15.9. The average molecular weight is 187 g/mol. The lowest BCUT2D eigenvalue weighted by molar-refractivity contribution is -0.0784. The fourth-order valence-electron chi connectivity index (χ4n) is 1.97. The molecule has 0 spiro atoms. The zero-order chi connectivity index (χ0) is 10.8. The van der Waals surface area contributed by atoms with E-state index in [2.05, 4.69) is 13.8 Å². The molecule has 1 atom stereocenters. The van der Waals surface area contributed by atoms with Crippen molar-refractivity contribution in [1.29, 1.82) is 0 Å². The van der Waals surface area contributed by atoms with Gasteiger partial charge in [0.15, 0.2) is 0 Å². The van der Waals surface area contributed by atoms with Crippen molar-refractivity contribution in [3.05, 3.63) is 0 Å². The predicted molar refractivity (Wildman–Crippen MR) is 57.4 cm³/mol. The molecule has 0 saturated heterocycles. The van der Waals surface area contributed by atoms with Gasteiger partial charge in [-0.05, 0) is 17.8 Å². The third-order valence-corrected chi connectivity index (χ3v) is 3.10. The van der Waals surface area contributed by atoms with Crippen LogP contribution in [0.3, 0.4) is 0 Å². The minimum absolute atomic E-state index is 0.146. The van der Waals surface area contributed by atoms with Crippen molar-refractivity contribution < 1.29 is 5.11 Å². The Morgan fingerprint density at radius 3 is 1.31 bits per heavy atom. The van der Waals surface area contributed by atoms with E-state index < -0.39 is 5.60 Å². The Bertz CT molecular complexity index is 144. The molecular formula is C11H25NO. The Morgan fingerprint density at radius 2 is 1.23 bits per heavy atom. The molecule has 80 valence electrons. The summed E-state index contributed by atoms with van der Waals surface area (Å²) in [6.07, 6.45) is 0. The Balaban J connectivity index is 4.79. The molecule has 13 heavy (non-hydrogen) atoms. The molecule has 0 saturated carbocycles. The highest BCUT2D eigenvalue weighted by Gasteiger charge is 2.41. The van der Waals surface area contributed by atoms with E-state index in [1.165, 1.54) is 0 Å². The van der Waals surface area contributed by atoms with E-state index in [9.17, 15) is 5.11 Å². The lowest BCUT2D eigenvalue weighted by Crippen LogP contribution is -2.57. The minimum atomic E-state index is -0.742. The van der Waals surface area contributed by atoms with E-state index in [-0.39, 0.29) is 17.9 Å². The van der Waals surface area contributed by atoms with Crippen LogP contribution in [0.4, 0.5) is 0 Å². The molecule has 0 aromatic heterocycles. The molecule has 0 amide bonds. The molecule has 0 aliphatic heterocycles. The minimum Gasteiger partial charge on any atom is -0.388 e. The summed E-state index contributed by atoms with van der Waals surface area (Å²) in [5.74, 6) is 0.713. The van der Waals surface area contributed by atoms with Crippen molar-refractivity contribution in [2.45, 2.75) is 53.2 Å². The molecule has 0 rings (SSSR count). The summed E-state index contributed by atoms with van der Waals surface area (Å²) in [6, 6.07) is -0.146. The summed E-state index contributed by atoms with van der Waals surface area (Å²) >= 11 is 0. The number of hydrogen-bond donors (Lipinski definition) is 2. The van der Waals surface area contributed by atoms with Gasteiger partial charge in [0.2, 0.25) is 0 Å². The lowest BCUT2D eigenvalue weighted by atomic mass is 9.72. The molecule has 0 fully saturated rings. The highest BCUT2D eigenvalue weighted by atomic mass is 16.3. The van der Waals surface area contributed by atoms with Crippen molar-refractivity contribution in [2.75, 3.05) is 0 Å². The SMILES string of the molecule is CC(C)C(N)C(O)(C(C)C)C(C)C. The fourth-order valence-corrected chi connectivity index (χ4v) is 1.97. The first kappa shape index (κ1) is 12.9. The standard InChI is InChI=1S/C11H25NO/c1-7(2)10(12)11(13,8(3)4)9(5)6/h7-10,13H,12H2,1-6H3. The van der Waals surface area contributed by atoms with Crippen LogP contribution in [0.1, 0.15) is 41.5 Å². The maximum Gasteiger partial charge on any atom is 0.0845 e. The summed E-state index contributed by atoms with van der Waals surface area (Å²) in [4.78, 5) is 0. The van der Waals surface area contributed by atoms with Gasteiger partial charge in [-0.1, -0.05) is 41.5 Å². The number of hydrogen-bond acceptors (Lipinski definition) is 2. The van der Waals surface area contributed by atoms with Crippen molar-refractivity contribution >= 4 is 0 Å². The quantitative estimate of drug-likeness (QED) is 0.707. The van der Waals surface area contributed by atoms with Crippen molar-refractivity contribution in [2.24, 2.45) is 23.5 Å². The van der Waals surface area contributed by atoms with Crippen LogP contribution in [0.15, 0.2) is 0 Å². The molecule has 0 aromatic rings. The Labute approximate surface area is 82.5 Å². The third kappa shape index (κ3) is 2.44. The zero-order valence-electron chi connectivity index (χ0n) is 9.83. The van der Waals surface area contributed by atoms with Gasteiger partial charge in [0.25, 0.3) is 0 Å². The van der Waals surface area contributed by atoms with E-state index >= 15 is 0 Å². The van der Waals surface area contributed by atoms with E-state index in [0.717, 1.165) is 0 Å². The molecule has 1 unspecified atom stereocenters. The smallest absolute Gasteiger partial charge is 0.0845 e. The summed E-state index contributed by atoms with van der Waals surface area (Å²) in [5, 5.41) is 10.5. The van der Waals surface area contributed by atoms with E-state index in [1.54, 1.807) is 0 Å². The highest BCUT2D eigenvalue weighted by Crippen LogP contribution is 2.31. The van der Waals surface area contributed by atoms with E-state index in [4.69, 9.17) is 5.73 Å². The van der Waals surface area contributed by atoms with Crippen LogP contribution in [-0.4, -0.2) is 16.7 Å². The second-order valence-electron chi connectivity index (χ2n) is 4.97. The summed E-state index contributed by atoms with van der Waals surface area (Å²) < 4.78 is 0. The second-order valence-corrected chi connectivity index (χ2v) is 4.97. The highest BCUT2D eigenvalue weighted by molar-refractivity contribution is 4.95. The van der Waals surface area contributed by atoms with E-state index in [1.807, 2.05) is 27.7 Å². The molecule has 0 aliphatic carbocycles. The number of nitrogens with two attached hydrogens (primary N) is 1. The largest absolute Gasteiger partial charge is 0.388 e. The van der Waals surface area contributed by atoms with Gasteiger partial charge in [-0.2, -0.15) is 0 Å². The van der Waals surface area contributed by atoms with Gasteiger partial charge in [-0.15, -0.1) is 0 Å². The predicted octanol–water partition coefficient (Wildman–Crippen LogP) is 2.01. The molecule has 3 N–H and O–H groups in total. The van der Waals surface area contributed by atoms with Crippen LogP contribution in [-0.2, 0) is 0 Å². The second kappa shape index (κ2) is 4.43. The van der Waals surface area contributed by atoms with Gasteiger partial charge in [0.05, 0.1) is 5.60 Å². The van der Waals surface area contributed by atoms with Gasteiger partial charge in [0.1, 0.15) is 0 Å². The molecular weight excluding hydrogens is 162 g/mol. The van der Waals surface area contributed by atoms with Gasteiger partial charge >= 0.3 is 0 Å². The van der Waals surface area contributed by atoms with Crippen LogP contribution < -0.4 is 5.73 Å². The van der Waals surface area contributed by atoms with Gasteiger partial charge in [0, 0.05) is 6.04 Å². The summed E-state index contributed by atoms with van der Waals surface area (Å²) in [5.41, 5.74) is 5.30. The Hall–Kier alpha value is -0.0800. The maximum atomic E-state index is 10.5.